The third-order valence-electron chi connectivity index (χ3n) is 2.05. The summed E-state index contributed by atoms with van der Waals surface area (Å²) in [5.74, 6) is 0. The van der Waals surface area contributed by atoms with Gasteiger partial charge in [-0.3, -0.25) is 0 Å². The van der Waals surface area contributed by atoms with Crippen LogP contribution in [-0.4, -0.2) is 11.7 Å². The summed E-state index contributed by atoms with van der Waals surface area (Å²) in [6, 6.07) is 0. The number of hydrogen-bond acceptors (Lipinski definition) is 1. The summed E-state index contributed by atoms with van der Waals surface area (Å²) >= 11 is 0. The van der Waals surface area contributed by atoms with Crippen LogP contribution >= 0.6 is 0 Å². The first kappa shape index (κ1) is 13.0. The normalized spacial score (nSPS) is 15.9. The third-order valence-corrected chi connectivity index (χ3v) is 2.05. The van der Waals surface area contributed by atoms with E-state index in [1.54, 1.807) is 0 Å². The van der Waals surface area contributed by atoms with Crippen molar-refractivity contribution in [2.75, 3.05) is 0 Å². The highest BCUT2D eigenvalue weighted by Gasteiger charge is 2.27. The van der Waals surface area contributed by atoms with Crippen molar-refractivity contribution >= 4 is 0 Å². The monoisotopic (exact) mass is 186 g/mol. The van der Waals surface area contributed by atoms with Crippen molar-refractivity contribution in [1.29, 1.82) is 0 Å². The maximum absolute atomic E-state index is 5.96. The van der Waals surface area contributed by atoms with E-state index in [0.29, 0.717) is 11.5 Å². The maximum atomic E-state index is 5.96. The van der Waals surface area contributed by atoms with Gasteiger partial charge in [0.2, 0.25) is 0 Å². The molecule has 0 amide bonds. The van der Waals surface area contributed by atoms with Crippen LogP contribution in [0, 0.1) is 5.41 Å². The van der Waals surface area contributed by atoms with Gasteiger partial charge in [0.15, 0.2) is 0 Å². The van der Waals surface area contributed by atoms with E-state index in [2.05, 4.69) is 48.5 Å². The van der Waals surface area contributed by atoms with E-state index >= 15 is 0 Å². The molecule has 80 valence electrons. The molecule has 0 saturated carbocycles. The second-order valence-electron chi connectivity index (χ2n) is 5.83. The Hall–Kier alpha value is -0.0400. The first-order chi connectivity index (χ1) is 5.66. The van der Waals surface area contributed by atoms with Crippen LogP contribution in [0.1, 0.15) is 61.3 Å². The summed E-state index contributed by atoms with van der Waals surface area (Å²) in [7, 11) is 0. The first-order valence-electron chi connectivity index (χ1n) is 5.34. The van der Waals surface area contributed by atoms with Crippen molar-refractivity contribution < 1.29 is 4.74 Å². The van der Waals surface area contributed by atoms with Crippen molar-refractivity contribution in [3.8, 4) is 0 Å². The quantitative estimate of drug-likeness (QED) is 0.644. The van der Waals surface area contributed by atoms with Crippen molar-refractivity contribution in [3.63, 3.8) is 0 Å². The Morgan fingerprint density at radius 3 is 1.85 bits per heavy atom. The van der Waals surface area contributed by atoms with Crippen LogP contribution in [0.15, 0.2) is 0 Å². The SMILES string of the molecule is CCC(C)OC(C)(C)CC(C)(C)C. The van der Waals surface area contributed by atoms with Crippen molar-refractivity contribution in [2.24, 2.45) is 5.41 Å². The highest BCUT2D eigenvalue weighted by Crippen LogP contribution is 2.30. The predicted molar refractivity (Wildman–Crippen MR) is 59.0 cm³/mol. The molecule has 1 atom stereocenters. The molecular formula is C12H26O. The predicted octanol–water partition coefficient (Wildman–Crippen LogP) is 4.02. The molecule has 1 nitrogen and oxygen atoms in total. The largest absolute Gasteiger partial charge is 0.373 e. The van der Waals surface area contributed by atoms with Crippen LogP contribution in [0.2, 0.25) is 0 Å². The van der Waals surface area contributed by atoms with Gasteiger partial charge in [0, 0.05) is 0 Å². The first-order valence-corrected chi connectivity index (χ1v) is 5.34. The lowest BCUT2D eigenvalue weighted by atomic mass is 9.83. The Bertz CT molecular complexity index is 142. The lowest BCUT2D eigenvalue weighted by Gasteiger charge is -2.34. The molecule has 0 aliphatic rings. The molecule has 0 heterocycles. The molecule has 0 rings (SSSR count). The Labute approximate surface area is 83.9 Å². The Balaban J connectivity index is 4.08. The van der Waals surface area contributed by atoms with Gasteiger partial charge in [0.25, 0.3) is 0 Å². The molecule has 0 spiro atoms. The molecule has 0 aliphatic carbocycles. The van der Waals surface area contributed by atoms with Crippen molar-refractivity contribution in [2.45, 2.75) is 73.0 Å². The Kier molecular flexibility index (Phi) is 4.44. The summed E-state index contributed by atoms with van der Waals surface area (Å²) in [4.78, 5) is 0. The maximum Gasteiger partial charge on any atom is 0.0635 e. The van der Waals surface area contributed by atoms with Crippen LogP contribution in [-0.2, 0) is 4.74 Å². The average Bonchev–Trinajstić information content (AvgIpc) is 1.80. The van der Waals surface area contributed by atoms with Gasteiger partial charge >= 0.3 is 0 Å². The molecule has 0 saturated heterocycles. The van der Waals surface area contributed by atoms with Crippen LogP contribution < -0.4 is 0 Å². The molecule has 1 heteroatoms. The van der Waals surface area contributed by atoms with Crippen molar-refractivity contribution in [3.05, 3.63) is 0 Å². The van der Waals surface area contributed by atoms with Crippen LogP contribution in [0.25, 0.3) is 0 Å². The van der Waals surface area contributed by atoms with Crippen LogP contribution in [0.3, 0.4) is 0 Å². The smallest absolute Gasteiger partial charge is 0.0635 e. The van der Waals surface area contributed by atoms with Gasteiger partial charge in [-0.2, -0.15) is 0 Å². The van der Waals surface area contributed by atoms with E-state index < -0.39 is 0 Å². The lowest BCUT2D eigenvalue weighted by molar-refractivity contribution is -0.0841. The second kappa shape index (κ2) is 4.45. The molecule has 13 heavy (non-hydrogen) atoms. The van der Waals surface area contributed by atoms with Gasteiger partial charge in [-0.25, -0.2) is 0 Å². The van der Waals surface area contributed by atoms with Crippen molar-refractivity contribution in [1.82, 2.24) is 0 Å². The van der Waals surface area contributed by atoms with E-state index in [-0.39, 0.29) is 5.60 Å². The molecule has 0 aromatic carbocycles. The van der Waals surface area contributed by atoms with E-state index in [0.717, 1.165) is 12.8 Å². The van der Waals surface area contributed by atoms with E-state index in [4.69, 9.17) is 4.74 Å². The molecule has 0 bridgehead atoms. The molecule has 0 radical (unpaired) electrons. The minimum Gasteiger partial charge on any atom is -0.373 e. The topological polar surface area (TPSA) is 9.23 Å². The van der Waals surface area contributed by atoms with Gasteiger partial charge in [-0.1, -0.05) is 27.7 Å². The Morgan fingerprint density at radius 1 is 1.08 bits per heavy atom. The van der Waals surface area contributed by atoms with Crippen LogP contribution in [0.4, 0.5) is 0 Å². The zero-order valence-electron chi connectivity index (χ0n) is 10.4. The minimum absolute atomic E-state index is 0.00762. The fourth-order valence-electron chi connectivity index (χ4n) is 1.95. The molecule has 0 fully saturated rings. The standard InChI is InChI=1S/C12H26O/c1-8-10(2)13-12(6,7)9-11(3,4)5/h10H,8-9H2,1-7H3. The van der Waals surface area contributed by atoms with Gasteiger partial charge in [0.05, 0.1) is 11.7 Å². The van der Waals surface area contributed by atoms with Gasteiger partial charge < -0.3 is 4.74 Å². The van der Waals surface area contributed by atoms with Gasteiger partial charge in [0.1, 0.15) is 0 Å². The van der Waals surface area contributed by atoms with E-state index in [1.165, 1.54) is 0 Å². The number of hydrogen-bond donors (Lipinski definition) is 0. The fraction of sp³-hybridized carbons (Fsp3) is 1.00. The average molecular weight is 186 g/mol. The minimum atomic E-state index is 0.00762. The molecule has 0 aromatic heterocycles. The highest BCUT2D eigenvalue weighted by atomic mass is 16.5. The fourth-order valence-corrected chi connectivity index (χ4v) is 1.95. The molecular weight excluding hydrogens is 160 g/mol. The van der Waals surface area contributed by atoms with Gasteiger partial charge in [-0.05, 0) is 39.0 Å². The number of ether oxygens (including phenoxy) is 1. The summed E-state index contributed by atoms with van der Waals surface area (Å²) < 4.78 is 5.96. The molecule has 0 N–H and O–H groups in total. The molecule has 0 aliphatic heterocycles. The summed E-state index contributed by atoms with van der Waals surface area (Å²) in [6.07, 6.45) is 2.56. The Morgan fingerprint density at radius 2 is 1.54 bits per heavy atom. The molecule has 0 aromatic rings. The highest BCUT2D eigenvalue weighted by molar-refractivity contribution is 4.77. The second-order valence-corrected chi connectivity index (χ2v) is 5.83. The lowest BCUT2D eigenvalue weighted by Crippen LogP contribution is -2.33. The van der Waals surface area contributed by atoms with E-state index in [9.17, 15) is 0 Å². The summed E-state index contributed by atoms with van der Waals surface area (Å²) in [5, 5.41) is 0. The molecule has 1 unspecified atom stereocenters. The zero-order chi connectivity index (χ0) is 10.7. The summed E-state index contributed by atoms with van der Waals surface area (Å²) in [6.45, 7) is 15.5. The third kappa shape index (κ3) is 7.06. The summed E-state index contributed by atoms with van der Waals surface area (Å²) in [5.41, 5.74) is 0.352. The zero-order valence-corrected chi connectivity index (χ0v) is 10.4. The van der Waals surface area contributed by atoms with E-state index in [1.807, 2.05) is 0 Å². The van der Waals surface area contributed by atoms with Crippen LogP contribution in [0.5, 0.6) is 0 Å². The number of rotatable bonds is 4. The van der Waals surface area contributed by atoms with Gasteiger partial charge in [-0.15, -0.1) is 0 Å².